The second-order valence-electron chi connectivity index (χ2n) is 3.76. The summed E-state index contributed by atoms with van der Waals surface area (Å²) in [4.78, 5) is 2.26. The van der Waals surface area contributed by atoms with Crippen LogP contribution in [-0.4, -0.2) is 33.0 Å². The molecule has 88 valence electrons. The number of nitrogens with zero attached hydrogens (tertiary/aromatic N) is 1. The van der Waals surface area contributed by atoms with Crippen molar-refractivity contribution >= 4 is 24.9 Å². The summed E-state index contributed by atoms with van der Waals surface area (Å²) in [7, 11) is 0. The molecular formula is C11H16NO2PS. The van der Waals surface area contributed by atoms with E-state index in [-0.39, 0.29) is 0 Å². The van der Waals surface area contributed by atoms with E-state index in [9.17, 15) is 0 Å². The third-order valence-corrected chi connectivity index (χ3v) is 4.43. The van der Waals surface area contributed by atoms with Gasteiger partial charge in [-0.1, -0.05) is 18.2 Å². The molecule has 3 nitrogen and oxygen atoms in total. The lowest BCUT2D eigenvalue weighted by atomic mass is 10.3. The van der Waals surface area contributed by atoms with E-state index >= 15 is 0 Å². The average Bonchev–Trinajstić information content (AvgIpc) is 2.25. The minimum atomic E-state index is -1.97. The molecule has 1 saturated heterocycles. The van der Waals surface area contributed by atoms with E-state index in [0.29, 0.717) is 13.2 Å². The van der Waals surface area contributed by atoms with Crippen LogP contribution in [0.4, 0.5) is 5.69 Å². The van der Waals surface area contributed by atoms with Gasteiger partial charge in [-0.25, -0.2) is 9.05 Å². The summed E-state index contributed by atoms with van der Waals surface area (Å²) in [6, 6.07) is 10.3. The Morgan fingerprint density at radius 2 is 1.69 bits per heavy atom. The van der Waals surface area contributed by atoms with Crippen LogP contribution in [0.15, 0.2) is 30.3 Å². The van der Waals surface area contributed by atoms with Gasteiger partial charge in [-0.2, -0.15) is 0 Å². The van der Waals surface area contributed by atoms with E-state index in [1.807, 2.05) is 24.9 Å². The maximum absolute atomic E-state index is 5.58. The average molecular weight is 257 g/mol. The maximum Gasteiger partial charge on any atom is 0.157 e. The van der Waals surface area contributed by atoms with Gasteiger partial charge >= 0.3 is 0 Å². The predicted molar refractivity (Wildman–Crippen MR) is 70.8 cm³/mol. The molecule has 0 atom stereocenters. The lowest BCUT2D eigenvalue weighted by Crippen LogP contribution is -2.33. The number of benzene rings is 1. The molecule has 1 aromatic rings. The summed E-state index contributed by atoms with van der Waals surface area (Å²) in [5.74, 6) is 0. The molecule has 1 aliphatic heterocycles. The summed E-state index contributed by atoms with van der Waals surface area (Å²) in [6.45, 7) is 2.95. The molecule has 1 aliphatic rings. The summed E-state index contributed by atoms with van der Waals surface area (Å²) in [5.41, 5.74) is 1.21. The SMILES string of the molecule is C[P+]1([S-])OCCN(c2ccccc2)CCO1. The quantitative estimate of drug-likeness (QED) is 0.569. The Morgan fingerprint density at radius 1 is 1.12 bits per heavy atom. The fourth-order valence-corrected chi connectivity index (χ4v) is 3.03. The molecule has 5 heteroatoms. The summed E-state index contributed by atoms with van der Waals surface area (Å²) in [6.07, 6.45) is 0. The van der Waals surface area contributed by atoms with Crippen molar-refractivity contribution in [3.8, 4) is 0 Å². The highest BCUT2D eigenvalue weighted by Crippen LogP contribution is 2.55. The Balaban J connectivity index is 1.99. The summed E-state index contributed by atoms with van der Waals surface area (Å²) >= 11 is 5.25. The van der Waals surface area contributed by atoms with E-state index in [1.54, 1.807) is 0 Å². The Morgan fingerprint density at radius 3 is 2.25 bits per heavy atom. The van der Waals surface area contributed by atoms with Gasteiger partial charge in [0.15, 0.2) is 6.92 Å². The van der Waals surface area contributed by atoms with Crippen molar-refractivity contribution in [1.29, 1.82) is 0 Å². The molecule has 0 aliphatic carbocycles. The summed E-state index contributed by atoms with van der Waals surface area (Å²) in [5, 5.41) is 0. The highest BCUT2D eigenvalue weighted by Gasteiger charge is 2.23. The highest BCUT2D eigenvalue weighted by molar-refractivity contribution is 8.37. The van der Waals surface area contributed by atoms with E-state index in [1.165, 1.54) is 5.69 Å². The summed E-state index contributed by atoms with van der Waals surface area (Å²) < 4.78 is 11.2. The molecular weight excluding hydrogens is 241 g/mol. The monoisotopic (exact) mass is 257 g/mol. The van der Waals surface area contributed by atoms with Crippen LogP contribution < -0.4 is 4.90 Å². The molecule has 0 saturated carbocycles. The van der Waals surface area contributed by atoms with Gasteiger partial charge in [-0.3, -0.25) is 0 Å². The van der Waals surface area contributed by atoms with Crippen molar-refractivity contribution in [2.24, 2.45) is 0 Å². The Kier molecular flexibility index (Phi) is 4.09. The topological polar surface area (TPSA) is 21.7 Å². The van der Waals surface area contributed by atoms with Crippen molar-refractivity contribution in [3.63, 3.8) is 0 Å². The predicted octanol–water partition coefficient (Wildman–Crippen LogP) is 2.48. The van der Waals surface area contributed by atoms with Gasteiger partial charge in [0.1, 0.15) is 13.2 Å². The number of rotatable bonds is 1. The Bertz CT molecular complexity index is 322. The molecule has 0 N–H and O–H groups in total. The molecule has 1 aromatic carbocycles. The first-order chi connectivity index (χ1) is 7.67. The van der Waals surface area contributed by atoms with Gasteiger partial charge in [0.25, 0.3) is 0 Å². The first-order valence-electron chi connectivity index (χ1n) is 5.34. The van der Waals surface area contributed by atoms with Gasteiger partial charge < -0.3 is 17.1 Å². The van der Waals surface area contributed by atoms with Crippen LogP contribution in [0.2, 0.25) is 0 Å². The smallest absolute Gasteiger partial charge is 0.157 e. The zero-order valence-electron chi connectivity index (χ0n) is 9.33. The molecule has 16 heavy (non-hydrogen) atoms. The van der Waals surface area contributed by atoms with Gasteiger partial charge in [0.05, 0.1) is 6.66 Å². The standard InChI is InChI=1S/C11H16NO2PS/c1-15(16)13-9-7-12(8-10-14-15)11-5-3-2-4-6-11/h2-6H,7-10H2,1H3. The zero-order chi connectivity index (χ0) is 11.4. The number of hydrogen-bond acceptors (Lipinski definition) is 4. The zero-order valence-corrected chi connectivity index (χ0v) is 11.0. The maximum atomic E-state index is 5.58. The number of para-hydroxylation sites is 1. The van der Waals surface area contributed by atoms with Crippen LogP contribution in [0.5, 0.6) is 0 Å². The normalized spacial score (nSPS) is 21.2. The van der Waals surface area contributed by atoms with Crippen LogP contribution >= 0.6 is 6.92 Å². The molecule has 0 bridgehead atoms. The van der Waals surface area contributed by atoms with Crippen molar-refractivity contribution < 1.29 is 9.05 Å². The van der Waals surface area contributed by atoms with Crippen molar-refractivity contribution in [3.05, 3.63) is 30.3 Å². The number of anilines is 1. The fourth-order valence-electron chi connectivity index (χ4n) is 1.68. The third kappa shape index (κ3) is 3.36. The van der Waals surface area contributed by atoms with E-state index in [2.05, 4.69) is 17.0 Å². The molecule has 1 fully saturated rings. The molecule has 0 spiro atoms. The first-order valence-corrected chi connectivity index (χ1v) is 8.42. The minimum Gasteiger partial charge on any atom is -0.493 e. The van der Waals surface area contributed by atoms with E-state index in [0.717, 1.165) is 13.1 Å². The van der Waals surface area contributed by atoms with Gasteiger partial charge in [-0.15, -0.1) is 0 Å². The largest absolute Gasteiger partial charge is 0.493 e. The van der Waals surface area contributed by atoms with E-state index < -0.39 is 6.92 Å². The third-order valence-electron chi connectivity index (χ3n) is 2.50. The molecule has 0 unspecified atom stereocenters. The second kappa shape index (κ2) is 5.37. The molecule has 0 amide bonds. The fraction of sp³-hybridized carbons (Fsp3) is 0.455. The Hall–Kier alpha value is -0.280. The first kappa shape index (κ1) is 12.2. The van der Waals surface area contributed by atoms with Gasteiger partial charge in [-0.05, 0) is 12.1 Å². The van der Waals surface area contributed by atoms with Crippen molar-refractivity contribution in [1.82, 2.24) is 0 Å². The van der Waals surface area contributed by atoms with Crippen LogP contribution in [-0.2, 0) is 21.3 Å². The van der Waals surface area contributed by atoms with Gasteiger partial charge in [0.2, 0.25) is 0 Å². The molecule has 1 heterocycles. The number of hydrogen-bond donors (Lipinski definition) is 0. The van der Waals surface area contributed by atoms with Crippen LogP contribution in [0.3, 0.4) is 0 Å². The molecule has 0 radical (unpaired) electrons. The lowest BCUT2D eigenvalue weighted by Gasteiger charge is -2.32. The molecule has 0 aromatic heterocycles. The second-order valence-corrected chi connectivity index (χ2v) is 7.81. The van der Waals surface area contributed by atoms with Crippen molar-refractivity contribution in [2.75, 3.05) is 37.9 Å². The van der Waals surface area contributed by atoms with Gasteiger partial charge in [0, 0.05) is 18.8 Å². The van der Waals surface area contributed by atoms with Crippen LogP contribution in [0.25, 0.3) is 0 Å². The van der Waals surface area contributed by atoms with Crippen molar-refractivity contribution in [2.45, 2.75) is 0 Å². The van der Waals surface area contributed by atoms with E-state index in [4.69, 9.17) is 21.3 Å². The molecule has 2 rings (SSSR count). The highest BCUT2D eigenvalue weighted by atomic mass is 32.7. The van der Waals surface area contributed by atoms with Crippen LogP contribution in [0.1, 0.15) is 0 Å². The lowest BCUT2D eigenvalue weighted by molar-refractivity contribution is 0.237. The van der Waals surface area contributed by atoms with Crippen LogP contribution in [0, 0.1) is 0 Å². The Labute approximate surface area is 102 Å². The minimum absolute atomic E-state index is 0.642.